The summed E-state index contributed by atoms with van der Waals surface area (Å²) < 4.78 is 11.7. The number of ketones is 1. The Kier molecular flexibility index (Phi) is 4.40. The second-order valence-electron chi connectivity index (χ2n) is 4.61. The summed E-state index contributed by atoms with van der Waals surface area (Å²) in [4.78, 5) is 12.1. The van der Waals surface area contributed by atoms with E-state index < -0.39 is 0 Å². The maximum Gasteiger partial charge on any atom is 0.165 e. The molecular weight excluding hydrogens is 296 g/mol. The average molecular weight is 313 g/mol. The third-order valence-corrected chi connectivity index (χ3v) is 3.98. The number of rotatable bonds is 4. The molecule has 2 atom stereocenters. The number of hydrogen-bond donors (Lipinski definition) is 0. The van der Waals surface area contributed by atoms with Crippen LogP contribution in [0.4, 0.5) is 0 Å². The van der Waals surface area contributed by atoms with Gasteiger partial charge in [-0.2, -0.15) is 0 Å². The number of hydrogen-bond acceptors (Lipinski definition) is 3. The molecule has 0 saturated carbocycles. The minimum absolute atomic E-state index is 0.147. The molecule has 2 unspecified atom stereocenters. The van der Waals surface area contributed by atoms with Gasteiger partial charge in [0.25, 0.3) is 0 Å². The molecule has 4 heteroatoms. The van der Waals surface area contributed by atoms with Crippen LogP contribution in [0, 0.1) is 0 Å². The van der Waals surface area contributed by atoms with Crippen LogP contribution in [0.15, 0.2) is 22.7 Å². The van der Waals surface area contributed by atoms with Crippen molar-refractivity contribution >= 4 is 21.7 Å². The van der Waals surface area contributed by atoms with Gasteiger partial charge >= 0.3 is 0 Å². The molecular formula is C14H17BrO3. The fourth-order valence-electron chi connectivity index (χ4n) is 2.15. The molecule has 1 aliphatic rings. The zero-order chi connectivity index (χ0) is 13.1. The van der Waals surface area contributed by atoms with Crippen LogP contribution in [0.3, 0.4) is 0 Å². The van der Waals surface area contributed by atoms with Crippen molar-refractivity contribution in [1.82, 2.24) is 0 Å². The average Bonchev–Trinajstić information content (AvgIpc) is 2.79. The first-order valence-electron chi connectivity index (χ1n) is 6.10. The van der Waals surface area contributed by atoms with Gasteiger partial charge in [-0.15, -0.1) is 0 Å². The molecule has 0 bridgehead atoms. The third kappa shape index (κ3) is 3.12. The lowest BCUT2D eigenvalue weighted by Gasteiger charge is -2.11. The van der Waals surface area contributed by atoms with Crippen molar-refractivity contribution in [2.75, 3.05) is 7.11 Å². The Morgan fingerprint density at radius 1 is 1.50 bits per heavy atom. The lowest BCUT2D eigenvalue weighted by molar-refractivity contribution is -0.128. The number of ether oxygens (including phenoxy) is 2. The third-order valence-electron chi connectivity index (χ3n) is 3.21. The molecule has 98 valence electrons. The van der Waals surface area contributed by atoms with Crippen molar-refractivity contribution in [2.45, 2.75) is 38.4 Å². The van der Waals surface area contributed by atoms with Gasteiger partial charge in [0, 0.05) is 10.9 Å². The van der Waals surface area contributed by atoms with Crippen molar-refractivity contribution in [3.63, 3.8) is 0 Å². The first-order chi connectivity index (χ1) is 8.60. The molecule has 0 spiro atoms. The normalized spacial score (nSPS) is 23.1. The molecule has 0 amide bonds. The number of Topliss-reactive ketones (excluding diaryl/α,β-unsaturated/α-hetero) is 1. The predicted molar refractivity (Wildman–Crippen MR) is 73.0 cm³/mol. The van der Waals surface area contributed by atoms with Gasteiger partial charge in [-0.25, -0.2) is 0 Å². The fourth-order valence-corrected chi connectivity index (χ4v) is 2.54. The smallest absolute Gasteiger partial charge is 0.165 e. The summed E-state index contributed by atoms with van der Waals surface area (Å²) in [6, 6.07) is 5.66. The Hall–Kier alpha value is -0.870. The van der Waals surface area contributed by atoms with E-state index in [0.29, 0.717) is 6.42 Å². The highest BCUT2D eigenvalue weighted by atomic mass is 79.9. The van der Waals surface area contributed by atoms with E-state index in [0.717, 1.165) is 28.6 Å². The molecule has 2 rings (SSSR count). The summed E-state index contributed by atoms with van der Waals surface area (Å²) in [5.41, 5.74) is 0.947. The number of halogens is 1. The van der Waals surface area contributed by atoms with Crippen molar-refractivity contribution < 1.29 is 14.3 Å². The summed E-state index contributed by atoms with van der Waals surface area (Å²) in [6.07, 6.45) is 2.15. The molecule has 1 aliphatic heterocycles. The highest BCUT2D eigenvalue weighted by Crippen LogP contribution is 2.26. The Balaban J connectivity index is 2.06. The second kappa shape index (κ2) is 5.85. The van der Waals surface area contributed by atoms with E-state index in [1.54, 1.807) is 7.11 Å². The van der Waals surface area contributed by atoms with Crippen LogP contribution in [-0.2, 0) is 16.0 Å². The maximum absolute atomic E-state index is 12.1. The minimum Gasteiger partial charge on any atom is -0.497 e. The van der Waals surface area contributed by atoms with E-state index in [9.17, 15) is 4.79 Å². The van der Waals surface area contributed by atoms with Gasteiger partial charge in [0.2, 0.25) is 0 Å². The maximum atomic E-state index is 12.1. The second-order valence-corrected chi connectivity index (χ2v) is 5.47. The van der Waals surface area contributed by atoms with Crippen molar-refractivity contribution in [3.8, 4) is 5.75 Å². The van der Waals surface area contributed by atoms with E-state index >= 15 is 0 Å². The number of benzene rings is 1. The van der Waals surface area contributed by atoms with Crippen LogP contribution in [-0.4, -0.2) is 25.1 Å². The molecule has 1 fully saturated rings. The van der Waals surface area contributed by atoms with Gasteiger partial charge in [-0.1, -0.05) is 15.9 Å². The summed E-state index contributed by atoms with van der Waals surface area (Å²) in [5, 5.41) is 0. The van der Waals surface area contributed by atoms with E-state index in [1.807, 2.05) is 25.1 Å². The van der Waals surface area contributed by atoms with Gasteiger partial charge in [0.05, 0.1) is 13.2 Å². The van der Waals surface area contributed by atoms with Crippen LogP contribution in [0.1, 0.15) is 25.3 Å². The van der Waals surface area contributed by atoms with Crippen molar-refractivity contribution in [1.29, 1.82) is 0 Å². The minimum atomic E-state index is -0.238. The summed E-state index contributed by atoms with van der Waals surface area (Å²) in [5.74, 6) is 0.912. The number of carbonyl (C=O) groups is 1. The van der Waals surface area contributed by atoms with E-state index in [2.05, 4.69) is 15.9 Å². The van der Waals surface area contributed by atoms with Crippen LogP contribution < -0.4 is 4.74 Å². The molecule has 1 aromatic carbocycles. The molecule has 1 saturated heterocycles. The predicted octanol–water partition coefficient (Wildman–Crippen LogP) is 3.14. The molecule has 1 heterocycles. The molecule has 18 heavy (non-hydrogen) atoms. The highest BCUT2D eigenvalue weighted by molar-refractivity contribution is 9.10. The molecule has 0 aromatic heterocycles. The Labute approximate surface area is 116 Å². The first-order valence-corrected chi connectivity index (χ1v) is 6.90. The van der Waals surface area contributed by atoms with E-state index in [4.69, 9.17) is 9.47 Å². The van der Waals surface area contributed by atoms with Crippen LogP contribution in [0.5, 0.6) is 5.75 Å². The zero-order valence-electron chi connectivity index (χ0n) is 10.6. The lowest BCUT2D eigenvalue weighted by atomic mass is 10.0. The SMILES string of the molecule is COc1ccc(Br)c(CC(=O)C2CCC(C)O2)c1. The van der Waals surface area contributed by atoms with E-state index in [1.165, 1.54) is 0 Å². The summed E-state index contributed by atoms with van der Waals surface area (Å²) in [6.45, 7) is 2.01. The van der Waals surface area contributed by atoms with Crippen molar-refractivity contribution in [2.24, 2.45) is 0 Å². The highest BCUT2D eigenvalue weighted by Gasteiger charge is 2.28. The first kappa shape index (κ1) is 13.6. The standard InChI is InChI=1S/C14H17BrO3/c1-9-3-6-14(18-9)13(16)8-10-7-11(17-2)4-5-12(10)15/h4-5,7,9,14H,3,6,8H2,1-2H3. The molecule has 0 aliphatic carbocycles. The Bertz CT molecular complexity index is 445. The van der Waals surface area contributed by atoms with Crippen LogP contribution in [0.25, 0.3) is 0 Å². The van der Waals surface area contributed by atoms with Gasteiger partial charge in [0.1, 0.15) is 11.9 Å². The van der Waals surface area contributed by atoms with Crippen molar-refractivity contribution in [3.05, 3.63) is 28.2 Å². The van der Waals surface area contributed by atoms with Gasteiger partial charge < -0.3 is 9.47 Å². The monoisotopic (exact) mass is 312 g/mol. The molecule has 0 N–H and O–H groups in total. The Morgan fingerprint density at radius 3 is 2.89 bits per heavy atom. The topological polar surface area (TPSA) is 35.5 Å². The van der Waals surface area contributed by atoms with E-state index in [-0.39, 0.29) is 18.0 Å². The molecule has 3 nitrogen and oxygen atoms in total. The summed E-state index contributed by atoms with van der Waals surface area (Å²) >= 11 is 3.46. The largest absolute Gasteiger partial charge is 0.497 e. The van der Waals surface area contributed by atoms with Gasteiger partial charge in [-0.3, -0.25) is 4.79 Å². The summed E-state index contributed by atoms with van der Waals surface area (Å²) in [7, 11) is 1.62. The van der Waals surface area contributed by atoms with Gasteiger partial charge in [0.15, 0.2) is 5.78 Å². The molecule has 0 radical (unpaired) electrons. The lowest BCUT2D eigenvalue weighted by Crippen LogP contribution is -2.22. The molecule has 1 aromatic rings. The number of carbonyl (C=O) groups excluding carboxylic acids is 1. The Morgan fingerprint density at radius 2 is 2.28 bits per heavy atom. The van der Waals surface area contributed by atoms with Gasteiger partial charge in [-0.05, 0) is 43.5 Å². The number of methoxy groups -OCH3 is 1. The zero-order valence-corrected chi connectivity index (χ0v) is 12.2. The van der Waals surface area contributed by atoms with Crippen LogP contribution >= 0.6 is 15.9 Å². The fraction of sp³-hybridized carbons (Fsp3) is 0.500. The van der Waals surface area contributed by atoms with Crippen LogP contribution in [0.2, 0.25) is 0 Å². The quantitative estimate of drug-likeness (QED) is 0.857.